The van der Waals surface area contributed by atoms with Crippen LogP contribution in [0.1, 0.15) is 98.5 Å². The van der Waals surface area contributed by atoms with Gasteiger partial charge in [0.1, 0.15) is 42.0 Å². The summed E-state index contributed by atoms with van der Waals surface area (Å²) >= 11 is 0. The molecule has 12 N–H and O–H groups in total. The number of phenolic OH excluding ortho intramolecular Hbond substituents is 1. The first-order valence-corrected chi connectivity index (χ1v) is 20.6. The van der Waals surface area contributed by atoms with Gasteiger partial charge in [0, 0.05) is 25.8 Å². The van der Waals surface area contributed by atoms with Crippen molar-refractivity contribution in [3.05, 3.63) is 29.8 Å². The van der Waals surface area contributed by atoms with Gasteiger partial charge >= 0.3 is 11.9 Å². The van der Waals surface area contributed by atoms with Crippen LogP contribution in [0.4, 0.5) is 0 Å². The molecule has 1 aliphatic heterocycles. The summed E-state index contributed by atoms with van der Waals surface area (Å²) in [6.07, 6.45) is -0.964. The molecule has 1 aliphatic rings. The molecule has 7 atom stereocenters. The number of phenols is 1. The van der Waals surface area contributed by atoms with Crippen LogP contribution in [0.25, 0.3) is 0 Å². The first-order valence-electron chi connectivity index (χ1n) is 20.6. The third kappa shape index (κ3) is 17.4. The van der Waals surface area contributed by atoms with Crippen molar-refractivity contribution in [2.75, 3.05) is 6.54 Å². The van der Waals surface area contributed by atoms with Crippen molar-refractivity contribution in [2.24, 2.45) is 29.2 Å². The second-order valence-corrected chi connectivity index (χ2v) is 16.7. The van der Waals surface area contributed by atoms with Crippen molar-refractivity contribution in [1.29, 1.82) is 0 Å². The van der Waals surface area contributed by atoms with Crippen LogP contribution in [-0.2, 0) is 49.6 Å². The van der Waals surface area contributed by atoms with Crippen LogP contribution < -0.4 is 38.1 Å². The van der Waals surface area contributed by atoms with Gasteiger partial charge in [0.05, 0.1) is 6.04 Å². The van der Waals surface area contributed by atoms with Crippen LogP contribution in [0.15, 0.2) is 24.3 Å². The fraction of sp³-hybridized carbons (Fsp3) is 0.634. The quantitative estimate of drug-likeness (QED) is 0.0602. The van der Waals surface area contributed by atoms with E-state index in [1.165, 1.54) is 24.3 Å². The van der Waals surface area contributed by atoms with Crippen molar-refractivity contribution in [3.8, 4) is 5.75 Å². The Morgan fingerprint density at radius 1 is 0.705 bits per heavy atom. The predicted octanol–water partition coefficient (Wildman–Crippen LogP) is -0.360. The largest absolute Gasteiger partial charge is 0.508 e. The Morgan fingerprint density at radius 3 is 1.77 bits per heavy atom. The monoisotopic (exact) mass is 860 g/mol. The molecule has 0 aliphatic carbocycles. The van der Waals surface area contributed by atoms with E-state index >= 15 is 0 Å². The van der Waals surface area contributed by atoms with Crippen molar-refractivity contribution in [2.45, 2.75) is 142 Å². The molecule has 1 heterocycles. The molecule has 340 valence electrons. The van der Waals surface area contributed by atoms with E-state index in [2.05, 4.69) is 26.6 Å². The Balaban J connectivity index is 2.45. The number of likely N-dealkylation sites (tertiary alicyclic amines) is 1. The maximum Gasteiger partial charge on any atom is 0.326 e. The minimum absolute atomic E-state index is 0.0399. The van der Waals surface area contributed by atoms with E-state index in [9.17, 15) is 58.5 Å². The standard InChI is InChI=1S/C41H64N8O12/c1-21(2)18-26(42)35(54)46-29(19-22(3)4)37(56)47-30(20-24-9-11-25(50)12-10-24)38(57)44-27(13-15-32(43)51)36(55)45-28(14-16-33(52)53)40(59)49-17-7-8-31(49)39(58)48-34(23(5)6)41(60)61/h9-12,21-23,26-31,34,50H,7-8,13-20,42H2,1-6H3,(H2,43,51)(H,44,57)(H,45,55)(H,46,54)(H,47,56)(H,48,58)(H,52,53)(H,60,61)/t26-,27-,28-,29-,30-,31-,34-/m0/s1. The van der Waals surface area contributed by atoms with Gasteiger partial charge in [-0.25, -0.2) is 4.79 Å². The molecule has 1 aromatic rings. The number of benzene rings is 1. The topological polar surface area (TPSA) is 330 Å². The Bertz CT molecular complexity index is 1720. The zero-order chi connectivity index (χ0) is 46.1. The van der Waals surface area contributed by atoms with E-state index in [1.54, 1.807) is 13.8 Å². The number of rotatable bonds is 25. The highest BCUT2D eigenvalue weighted by Gasteiger charge is 2.40. The van der Waals surface area contributed by atoms with Gasteiger partial charge in [-0.15, -0.1) is 0 Å². The highest BCUT2D eigenvalue weighted by molar-refractivity contribution is 5.97. The summed E-state index contributed by atoms with van der Waals surface area (Å²) in [6, 6.07) is -3.18. The number of carboxylic acids is 2. The molecular weight excluding hydrogens is 796 g/mol. The van der Waals surface area contributed by atoms with E-state index < -0.39 is 121 Å². The molecule has 0 aromatic heterocycles. The molecule has 0 bridgehead atoms. The van der Waals surface area contributed by atoms with Crippen LogP contribution in [0.3, 0.4) is 0 Å². The number of aromatic hydroxyl groups is 1. The van der Waals surface area contributed by atoms with Gasteiger partial charge in [-0.3, -0.25) is 38.4 Å². The summed E-state index contributed by atoms with van der Waals surface area (Å²) in [4.78, 5) is 119. The van der Waals surface area contributed by atoms with E-state index in [0.717, 1.165) is 4.90 Å². The Kier molecular flexibility index (Phi) is 20.6. The molecule has 0 saturated carbocycles. The molecule has 20 heteroatoms. The average molecular weight is 861 g/mol. The summed E-state index contributed by atoms with van der Waals surface area (Å²) in [6.45, 7) is 10.7. The lowest BCUT2D eigenvalue weighted by atomic mass is 9.99. The van der Waals surface area contributed by atoms with Crippen molar-refractivity contribution in [3.63, 3.8) is 0 Å². The smallest absolute Gasteiger partial charge is 0.326 e. The van der Waals surface area contributed by atoms with E-state index in [-0.39, 0.29) is 49.8 Å². The summed E-state index contributed by atoms with van der Waals surface area (Å²) in [5, 5.41) is 41.7. The molecule has 20 nitrogen and oxygen atoms in total. The molecular formula is C41H64N8O12. The van der Waals surface area contributed by atoms with Crippen LogP contribution in [0.5, 0.6) is 5.75 Å². The normalized spacial score (nSPS) is 16.8. The number of hydrogen-bond donors (Lipinski definition) is 10. The van der Waals surface area contributed by atoms with Crippen LogP contribution in [0.2, 0.25) is 0 Å². The molecule has 0 unspecified atom stereocenters. The average Bonchev–Trinajstić information content (AvgIpc) is 3.66. The van der Waals surface area contributed by atoms with Gasteiger partial charge < -0.3 is 58.3 Å². The maximum absolute atomic E-state index is 14.1. The molecule has 1 aromatic carbocycles. The van der Waals surface area contributed by atoms with Crippen LogP contribution in [-0.4, -0.2) is 122 Å². The number of carbonyl (C=O) groups is 9. The maximum atomic E-state index is 14.1. The lowest BCUT2D eigenvalue weighted by Crippen LogP contribution is -2.60. The molecule has 2 rings (SSSR count). The minimum Gasteiger partial charge on any atom is -0.508 e. The number of nitrogens with zero attached hydrogens (tertiary/aromatic N) is 1. The zero-order valence-corrected chi connectivity index (χ0v) is 35.8. The van der Waals surface area contributed by atoms with Crippen LogP contribution >= 0.6 is 0 Å². The number of nitrogens with one attached hydrogen (secondary N) is 5. The molecule has 0 radical (unpaired) electrons. The predicted molar refractivity (Wildman–Crippen MR) is 221 cm³/mol. The van der Waals surface area contributed by atoms with Crippen molar-refractivity contribution in [1.82, 2.24) is 31.5 Å². The van der Waals surface area contributed by atoms with Crippen LogP contribution in [0, 0.1) is 17.8 Å². The number of carbonyl (C=O) groups excluding carboxylic acids is 7. The highest BCUT2D eigenvalue weighted by Crippen LogP contribution is 2.21. The minimum atomic E-state index is -1.57. The third-order valence-electron chi connectivity index (χ3n) is 10.1. The van der Waals surface area contributed by atoms with Gasteiger partial charge in [0.2, 0.25) is 41.4 Å². The Hall–Kier alpha value is -5.79. The van der Waals surface area contributed by atoms with E-state index in [1.807, 2.05) is 27.7 Å². The van der Waals surface area contributed by atoms with Gasteiger partial charge in [-0.2, -0.15) is 0 Å². The molecule has 0 spiro atoms. The molecule has 7 amide bonds. The van der Waals surface area contributed by atoms with Crippen molar-refractivity contribution >= 4 is 53.3 Å². The Labute approximate surface area is 355 Å². The number of aliphatic carboxylic acids is 2. The van der Waals surface area contributed by atoms with Gasteiger partial charge in [-0.1, -0.05) is 53.7 Å². The first-order chi connectivity index (χ1) is 28.5. The summed E-state index contributed by atoms with van der Waals surface area (Å²) < 4.78 is 0. The van der Waals surface area contributed by atoms with E-state index in [0.29, 0.717) is 18.4 Å². The third-order valence-corrected chi connectivity index (χ3v) is 10.1. The molecule has 61 heavy (non-hydrogen) atoms. The second-order valence-electron chi connectivity index (χ2n) is 16.7. The Morgan fingerprint density at radius 2 is 1.23 bits per heavy atom. The summed E-state index contributed by atoms with van der Waals surface area (Å²) in [5.41, 5.74) is 12.0. The fourth-order valence-electron chi connectivity index (χ4n) is 6.84. The number of carboxylic acid groups (broad SMARTS) is 2. The SMILES string of the molecule is CC(C)C[C@H](NC(=O)[C@@H](N)CC(C)C)C(=O)N[C@@H](Cc1ccc(O)cc1)C(=O)N[C@@H](CCC(N)=O)C(=O)N[C@@H](CCC(=O)O)C(=O)N1CCC[C@H]1C(=O)N[C@H](C(=O)O)C(C)C. The number of hydrogen-bond acceptors (Lipinski definition) is 11. The second kappa shape index (κ2) is 24.5. The van der Waals surface area contributed by atoms with Gasteiger partial charge in [-0.05, 0) is 74.0 Å². The van der Waals surface area contributed by atoms with E-state index in [4.69, 9.17) is 11.5 Å². The lowest BCUT2D eigenvalue weighted by molar-refractivity contribution is -0.146. The highest BCUT2D eigenvalue weighted by atomic mass is 16.4. The van der Waals surface area contributed by atoms with Crippen molar-refractivity contribution < 1.29 is 58.5 Å². The molecule has 1 saturated heterocycles. The number of nitrogens with two attached hydrogens (primary N) is 2. The van der Waals surface area contributed by atoms with Gasteiger partial charge in [0.25, 0.3) is 0 Å². The summed E-state index contributed by atoms with van der Waals surface area (Å²) in [5.74, 6) is -8.76. The summed E-state index contributed by atoms with van der Waals surface area (Å²) in [7, 11) is 0. The zero-order valence-electron chi connectivity index (χ0n) is 35.8. The lowest BCUT2D eigenvalue weighted by Gasteiger charge is -2.31. The van der Waals surface area contributed by atoms with Gasteiger partial charge in [0.15, 0.2) is 0 Å². The molecule has 1 fully saturated rings. The first kappa shape index (κ1) is 51.4. The number of primary amides is 1. The number of amides is 7. The fourth-order valence-corrected chi connectivity index (χ4v) is 6.84.